The van der Waals surface area contributed by atoms with Crippen LogP contribution in [0.15, 0.2) is 43.0 Å². The Hall–Kier alpha value is -2.83. The zero-order chi connectivity index (χ0) is 17.9. The molecule has 0 saturated carbocycles. The van der Waals surface area contributed by atoms with Crippen LogP contribution in [0.3, 0.4) is 0 Å². The first-order valence-electron chi connectivity index (χ1n) is 8.31. The molecule has 2 heterocycles. The summed E-state index contributed by atoms with van der Waals surface area (Å²) in [4.78, 5) is 29.8. The van der Waals surface area contributed by atoms with E-state index in [0.717, 1.165) is 5.56 Å². The fraction of sp³-hybridized carbons (Fsp3) is 0.389. The second-order valence-corrected chi connectivity index (χ2v) is 6.44. The summed E-state index contributed by atoms with van der Waals surface area (Å²) < 4.78 is 1.64. The minimum atomic E-state index is -1.02. The van der Waals surface area contributed by atoms with Gasteiger partial charge in [-0.05, 0) is 25.3 Å². The molecule has 0 spiro atoms. The average molecular weight is 342 g/mol. The van der Waals surface area contributed by atoms with Gasteiger partial charge in [-0.1, -0.05) is 29.8 Å². The van der Waals surface area contributed by atoms with E-state index in [1.54, 1.807) is 21.9 Å². The van der Waals surface area contributed by atoms with Gasteiger partial charge >= 0.3 is 12.0 Å². The molecular weight excluding hydrogens is 320 g/mol. The van der Waals surface area contributed by atoms with Crippen LogP contribution in [0.5, 0.6) is 0 Å². The molecule has 7 nitrogen and oxygen atoms in total. The van der Waals surface area contributed by atoms with E-state index in [1.165, 1.54) is 11.9 Å². The molecular formula is C18H22N4O3. The van der Waals surface area contributed by atoms with E-state index in [0.29, 0.717) is 32.5 Å². The average Bonchev–Trinajstić information content (AvgIpc) is 3.16. The number of nitrogens with one attached hydrogen (secondary N) is 1. The van der Waals surface area contributed by atoms with Crippen LogP contribution in [0, 0.1) is 6.92 Å². The van der Waals surface area contributed by atoms with Crippen LogP contribution < -0.4 is 5.32 Å². The number of rotatable bonds is 4. The number of nitrogens with zero attached hydrogens (tertiary/aromatic N) is 3. The number of carboxylic acid groups (broad SMARTS) is 1. The van der Waals surface area contributed by atoms with Crippen LogP contribution in [-0.2, 0) is 16.9 Å². The molecule has 2 N–H and O–H groups in total. The molecule has 0 radical (unpaired) electrons. The van der Waals surface area contributed by atoms with Crippen molar-refractivity contribution in [2.45, 2.75) is 31.8 Å². The SMILES string of the molecule is Cc1ccc(CNC(=O)N2CCC(C(=O)O)(n3ccnc3)CC2)cc1. The highest BCUT2D eigenvalue weighted by molar-refractivity contribution is 5.78. The van der Waals surface area contributed by atoms with Gasteiger partial charge in [0, 0.05) is 32.0 Å². The predicted octanol–water partition coefficient (Wildman–Crippen LogP) is 1.98. The highest BCUT2D eigenvalue weighted by Crippen LogP contribution is 2.30. The predicted molar refractivity (Wildman–Crippen MR) is 92.1 cm³/mol. The number of aliphatic carboxylic acids is 1. The van der Waals surface area contributed by atoms with Crippen molar-refractivity contribution in [1.29, 1.82) is 0 Å². The zero-order valence-electron chi connectivity index (χ0n) is 14.2. The number of carbonyl (C=O) groups excluding carboxylic acids is 1. The molecule has 7 heteroatoms. The fourth-order valence-electron chi connectivity index (χ4n) is 3.17. The molecule has 2 aromatic rings. The molecule has 25 heavy (non-hydrogen) atoms. The number of piperidine rings is 1. The smallest absolute Gasteiger partial charge is 0.330 e. The van der Waals surface area contributed by atoms with Crippen LogP contribution in [0.2, 0.25) is 0 Å². The second-order valence-electron chi connectivity index (χ2n) is 6.44. The molecule has 1 aromatic carbocycles. The Labute approximate surface area is 146 Å². The number of aromatic nitrogens is 2. The van der Waals surface area contributed by atoms with Crippen molar-refractivity contribution >= 4 is 12.0 Å². The summed E-state index contributed by atoms with van der Waals surface area (Å²) >= 11 is 0. The largest absolute Gasteiger partial charge is 0.479 e. The Morgan fingerprint density at radius 2 is 1.92 bits per heavy atom. The Kier molecular flexibility index (Phi) is 4.74. The summed E-state index contributed by atoms with van der Waals surface area (Å²) in [5, 5.41) is 12.6. The third-order valence-corrected chi connectivity index (χ3v) is 4.84. The van der Waals surface area contributed by atoms with Gasteiger partial charge in [-0.2, -0.15) is 0 Å². The van der Waals surface area contributed by atoms with Gasteiger partial charge in [0.15, 0.2) is 0 Å². The molecule has 3 rings (SSSR count). The van der Waals surface area contributed by atoms with Crippen LogP contribution in [-0.4, -0.2) is 44.6 Å². The second kappa shape index (κ2) is 6.96. The topological polar surface area (TPSA) is 87.5 Å². The highest BCUT2D eigenvalue weighted by Gasteiger charge is 2.43. The van der Waals surface area contributed by atoms with Crippen molar-refractivity contribution in [1.82, 2.24) is 19.8 Å². The molecule has 1 saturated heterocycles. The Morgan fingerprint density at radius 3 is 2.48 bits per heavy atom. The van der Waals surface area contributed by atoms with Crippen LogP contribution >= 0.6 is 0 Å². The third kappa shape index (κ3) is 3.50. The number of carboxylic acids is 1. The van der Waals surface area contributed by atoms with Crippen molar-refractivity contribution in [2.24, 2.45) is 0 Å². The minimum Gasteiger partial charge on any atom is -0.479 e. The van der Waals surface area contributed by atoms with Crippen LogP contribution in [0.1, 0.15) is 24.0 Å². The van der Waals surface area contributed by atoms with Crippen molar-refractivity contribution in [2.75, 3.05) is 13.1 Å². The summed E-state index contributed by atoms with van der Waals surface area (Å²) in [7, 11) is 0. The lowest BCUT2D eigenvalue weighted by Gasteiger charge is -2.39. The van der Waals surface area contributed by atoms with Gasteiger partial charge in [-0.15, -0.1) is 0 Å². The number of urea groups is 1. The Morgan fingerprint density at radius 1 is 1.24 bits per heavy atom. The molecule has 1 fully saturated rings. The molecule has 2 amide bonds. The summed E-state index contributed by atoms with van der Waals surface area (Å²) in [6.07, 6.45) is 5.49. The molecule has 1 aromatic heterocycles. The van der Waals surface area contributed by atoms with E-state index in [1.807, 2.05) is 31.2 Å². The molecule has 0 bridgehead atoms. The third-order valence-electron chi connectivity index (χ3n) is 4.84. The molecule has 0 aliphatic carbocycles. The number of carbonyl (C=O) groups is 2. The number of amides is 2. The Balaban J connectivity index is 1.58. The first-order valence-corrected chi connectivity index (χ1v) is 8.31. The van der Waals surface area contributed by atoms with E-state index >= 15 is 0 Å². The van der Waals surface area contributed by atoms with E-state index in [4.69, 9.17) is 0 Å². The highest BCUT2D eigenvalue weighted by atomic mass is 16.4. The number of imidazole rings is 1. The van der Waals surface area contributed by atoms with E-state index in [-0.39, 0.29) is 6.03 Å². The quantitative estimate of drug-likeness (QED) is 0.889. The van der Waals surface area contributed by atoms with Crippen LogP contribution in [0.25, 0.3) is 0 Å². The first kappa shape index (κ1) is 17.0. The lowest BCUT2D eigenvalue weighted by atomic mass is 9.87. The van der Waals surface area contributed by atoms with Gasteiger partial charge in [0.05, 0.1) is 6.33 Å². The molecule has 0 unspecified atom stereocenters. The van der Waals surface area contributed by atoms with E-state index < -0.39 is 11.5 Å². The van der Waals surface area contributed by atoms with Crippen molar-refractivity contribution in [3.8, 4) is 0 Å². The maximum absolute atomic E-state index is 12.4. The van der Waals surface area contributed by atoms with Crippen LogP contribution in [0.4, 0.5) is 4.79 Å². The van der Waals surface area contributed by atoms with E-state index in [9.17, 15) is 14.7 Å². The van der Waals surface area contributed by atoms with Gasteiger partial charge in [-0.3, -0.25) is 0 Å². The lowest BCUT2D eigenvalue weighted by Crippen LogP contribution is -2.53. The molecule has 1 aliphatic rings. The summed E-state index contributed by atoms with van der Waals surface area (Å²) in [5.74, 6) is -0.884. The maximum Gasteiger partial charge on any atom is 0.330 e. The number of benzene rings is 1. The normalized spacial score (nSPS) is 16.4. The zero-order valence-corrected chi connectivity index (χ0v) is 14.2. The maximum atomic E-state index is 12.4. The number of hydrogen-bond donors (Lipinski definition) is 2. The van der Waals surface area contributed by atoms with Crippen molar-refractivity contribution in [3.63, 3.8) is 0 Å². The molecule has 1 aliphatic heterocycles. The molecule has 132 valence electrons. The number of likely N-dealkylation sites (tertiary alicyclic amines) is 1. The van der Waals surface area contributed by atoms with Crippen molar-refractivity contribution in [3.05, 3.63) is 54.1 Å². The minimum absolute atomic E-state index is 0.162. The first-order chi connectivity index (χ1) is 12.0. The van der Waals surface area contributed by atoms with Gasteiger partial charge in [0.25, 0.3) is 0 Å². The van der Waals surface area contributed by atoms with Gasteiger partial charge < -0.3 is 19.9 Å². The molecule has 0 atom stereocenters. The Bertz CT molecular complexity index is 732. The standard InChI is InChI=1S/C18H22N4O3/c1-14-2-4-15(5-3-14)12-20-17(25)21-9-6-18(7-10-21,16(23)24)22-11-8-19-13-22/h2-5,8,11,13H,6-7,9-10,12H2,1H3,(H,20,25)(H,23,24). The summed E-state index contributed by atoms with van der Waals surface area (Å²) in [6, 6.07) is 7.83. The summed E-state index contributed by atoms with van der Waals surface area (Å²) in [6.45, 7) is 3.26. The van der Waals surface area contributed by atoms with Gasteiger partial charge in [-0.25, -0.2) is 14.6 Å². The lowest BCUT2D eigenvalue weighted by molar-refractivity contribution is -0.150. The van der Waals surface area contributed by atoms with Crippen molar-refractivity contribution < 1.29 is 14.7 Å². The number of aryl methyl sites for hydroxylation is 1. The van der Waals surface area contributed by atoms with Gasteiger partial charge in [0.2, 0.25) is 0 Å². The fourth-order valence-corrected chi connectivity index (χ4v) is 3.17. The number of hydrogen-bond acceptors (Lipinski definition) is 3. The van der Waals surface area contributed by atoms with E-state index in [2.05, 4.69) is 10.3 Å². The van der Waals surface area contributed by atoms with Gasteiger partial charge in [0.1, 0.15) is 5.54 Å². The monoisotopic (exact) mass is 342 g/mol. The summed E-state index contributed by atoms with van der Waals surface area (Å²) in [5.41, 5.74) is 1.19.